The van der Waals surface area contributed by atoms with Gasteiger partial charge in [0.15, 0.2) is 5.11 Å². The molecule has 2 rings (SSSR count). The molecular formula is C18H17BrCl2N2O2S. The van der Waals surface area contributed by atoms with Gasteiger partial charge in [-0.1, -0.05) is 53.0 Å². The second kappa shape index (κ2) is 9.55. The number of carbonyl (C=O) groups is 1. The van der Waals surface area contributed by atoms with Gasteiger partial charge in [-0.25, -0.2) is 0 Å². The minimum absolute atomic E-state index is 0.119. The van der Waals surface area contributed by atoms with Gasteiger partial charge in [0.05, 0.1) is 22.9 Å². The Kier molecular flexibility index (Phi) is 7.70. The van der Waals surface area contributed by atoms with Crippen LogP contribution in [0.4, 0.5) is 5.69 Å². The van der Waals surface area contributed by atoms with Crippen LogP contribution in [0.2, 0.25) is 10.0 Å². The summed E-state index contributed by atoms with van der Waals surface area (Å²) in [5.41, 5.74) is 0.929. The fourth-order valence-corrected chi connectivity index (χ4v) is 3.00. The molecule has 138 valence electrons. The van der Waals surface area contributed by atoms with E-state index in [1.54, 1.807) is 30.3 Å². The number of nitrogens with one attached hydrogen (secondary N) is 2. The van der Waals surface area contributed by atoms with Crippen LogP contribution >= 0.6 is 51.3 Å². The van der Waals surface area contributed by atoms with Crippen LogP contribution in [0, 0.1) is 5.92 Å². The van der Waals surface area contributed by atoms with E-state index in [4.69, 9.17) is 40.2 Å². The minimum Gasteiger partial charge on any atom is -0.492 e. The van der Waals surface area contributed by atoms with Gasteiger partial charge in [-0.3, -0.25) is 10.1 Å². The van der Waals surface area contributed by atoms with Crippen LogP contribution in [0.15, 0.2) is 40.9 Å². The molecule has 0 heterocycles. The zero-order chi connectivity index (χ0) is 19.3. The van der Waals surface area contributed by atoms with E-state index in [1.807, 2.05) is 19.9 Å². The lowest BCUT2D eigenvalue weighted by Crippen LogP contribution is -2.34. The van der Waals surface area contributed by atoms with Crippen molar-refractivity contribution in [3.63, 3.8) is 0 Å². The highest BCUT2D eigenvalue weighted by Gasteiger charge is 2.16. The van der Waals surface area contributed by atoms with Crippen molar-refractivity contribution in [1.82, 2.24) is 5.32 Å². The van der Waals surface area contributed by atoms with Gasteiger partial charge in [0.25, 0.3) is 5.91 Å². The van der Waals surface area contributed by atoms with E-state index in [2.05, 4.69) is 26.6 Å². The van der Waals surface area contributed by atoms with Gasteiger partial charge < -0.3 is 10.1 Å². The lowest BCUT2D eigenvalue weighted by atomic mass is 10.2. The van der Waals surface area contributed by atoms with Crippen molar-refractivity contribution in [2.45, 2.75) is 13.8 Å². The Hall–Kier alpha value is -1.34. The molecule has 0 bridgehead atoms. The number of thiocarbonyl (C=S) groups is 1. The van der Waals surface area contributed by atoms with E-state index < -0.39 is 0 Å². The van der Waals surface area contributed by atoms with Gasteiger partial charge in [0.1, 0.15) is 5.75 Å². The molecule has 4 nitrogen and oxygen atoms in total. The Labute approximate surface area is 176 Å². The van der Waals surface area contributed by atoms with Gasteiger partial charge in [-0.05, 0) is 54.5 Å². The molecule has 0 saturated heterocycles. The van der Waals surface area contributed by atoms with Gasteiger partial charge in [0.2, 0.25) is 0 Å². The van der Waals surface area contributed by atoms with Crippen LogP contribution in [0.3, 0.4) is 0 Å². The summed E-state index contributed by atoms with van der Waals surface area (Å²) in [6, 6.07) is 10.2. The fraction of sp³-hybridized carbons (Fsp3) is 0.222. The first-order valence-corrected chi connectivity index (χ1v) is 9.71. The van der Waals surface area contributed by atoms with Gasteiger partial charge in [-0.15, -0.1) is 0 Å². The van der Waals surface area contributed by atoms with Gasteiger partial charge >= 0.3 is 0 Å². The molecule has 1 amide bonds. The molecule has 0 radical (unpaired) electrons. The van der Waals surface area contributed by atoms with Crippen LogP contribution in [-0.4, -0.2) is 17.6 Å². The number of hydrogen-bond acceptors (Lipinski definition) is 3. The summed E-state index contributed by atoms with van der Waals surface area (Å²) in [7, 11) is 0. The summed E-state index contributed by atoms with van der Waals surface area (Å²) in [5, 5.41) is 6.54. The Balaban J connectivity index is 2.11. The van der Waals surface area contributed by atoms with Crippen LogP contribution in [0.25, 0.3) is 0 Å². The standard InChI is InChI=1S/C18H17BrCl2N2O2S/c1-10(2)9-25-16-6-3-11(19)7-13(16)17(24)23-18(26)22-15-5-4-12(20)8-14(15)21/h3-8,10H,9H2,1-2H3,(H2,22,23,24,26). The van der Waals surface area contributed by atoms with Crippen LogP contribution in [-0.2, 0) is 0 Å². The van der Waals surface area contributed by atoms with Crippen molar-refractivity contribution in [2.75, 3.05) is 11.9 Å². The van der Waals surface area contributed by atoms with E-state index in [-0.39, 0.29) is 11.0 Å². The van der Waals surface area contributed by atoms with E-state index in [9.17, 15) is 4.79 Å². The molecule has 2 aromatic rings. The lowest BCUT2D eigenvalue weighted by Gasteiger charge is -2.15. The largest absolute Gasteiger partial charge is 0.492 e. The Morgan fingerprint density at radius 2 is 1.96 bits per heavy atom. The van der Waals surface area contributed by atoms with Crippen molar-refractivity contribution >= 4 is 68.1 Å². The first kappa shape index (κ1) is 21.0. The predicted molar refractivity (Wildman–Crippen MR) is 115 cm³/mol. The molecule has 0 saturated carbocycles. The maximum atomic E-state index is 12.6. The third-order valence-electron chi connectivity index (χ3n) is 3.16. The molecule has 8 heteroatoms. The maximum absolute atomic E-state index is 12.6. The zero-order valence-electron chi connectivity index (χ0n) is 14.1. The average Bonchev–Trinajstić information content (AvgIpc) is 2.56. The maximum Gasteiger partial charge on any atom is 0.261 e. The van der Waals surface area contributed by atoms with Gasteiger partial charge in [0, 0.05) is 9.50 Å². The van der Waals surface area contributed by atoms with Crippen molar-refractivity contribution in [3.8, 4) is 5.75 Å². The van der Waals surface area contributed by atoms with E-state index in [0.717, 1.165) is 4.47 Å². The summed E-state index contributed by atoms with van der Waals surface area (Å²) in [6.45, 7) is 4.58. The fourth-order valence-electron chi connectivity index (χ4n) is 1.98. The minimum atomic E-state index is -0.382. The topological polar surface area (TPSA) is 50.4 Å². The van der Waals surface area contributed by atoms with E-state index >= 15 is 0 Å². The Morgan fingerprint density at radius 3 is 2.62 bits per heavy atom. The summed E-state index contributed by atoms with van der Waals surface area (Å²) in [6.07, 6.45) is 0. The molecule has 0 unspecified atom stereocenters. The highest BCUT2D eigenvalue weighted by molar-refractivity contribution is 9.10. The number of carbonyl (C=O) groups excluding carboxylic acids is 1. The normalized spacial score (nSPS) is 10.5. The van der Waals surface area contributed by atoms with Crippen LogP contribution in [0.5, 0.6) is 5.75 Å². The van der Waals surface area contributed by atoms with E-state index in [1.165, 1.54) is 0 Å². The molecular weight excluding hydrogens is 459 g/mol. The molecule has 0 aliphatic rings. The summed E-state index contributed by atoms with van der Waals surface area (Å²) >= 11 is 20.5. The first-order chi connectivity index (χ1) is 12.3. The molecule has 26 heavy (non-hydrogen) atoms. The number of ether oxygens (including phenoxy) is 1. The van der Waals surface area contributed by atoms with Crippen molar-refractivity contribution in [3.05, 3.63) is 56.5 Å². The van der Waals surface area contributed by atoms with Crippen molar-refractivity contribution < 1.29 is 9.53 Å². The Morgan fingerprint density at radius 1 is 1.23 bits per heavy atom. The molecule has 2 aromatic carbocycles. The lowest BCUT2D eigenvalue weighted by molar-refractivity contribution is 0.0973. The monoisotopic (exact) mass is 474 g/mol. The second-order valence-electron chi connectivity index (χ2n) is 5.88. The van der Waals surface area contributed by atoms with Crippen LogP contribution < -0.4 is 15.4 Å². The molecule has 0 aliphatic heterocycles. The Bertz CT molecular complexity index is 831. The highest BCUT2D eigenvalue weighted by Crippen LogP contribution is 2.26. The third-order valence-corrected chi connectivity index (χ3v) is 4.41. The van der Waals surface area contributed by atoms with Crippen LogP contribution in [0.1, 0.15) is 24.2 Å². The predicted octanol–water partition coefficient (Wildman–Crippen LogP) is 5.92. The third kappa shape index (κ3) is 6.13. The highest BCUT2D eigenvalue weighted by atomic mass is 79.9. The molecule has 0 aliphatic carbocycles. The van der Waals surface area contributed by atoms with Gasteiger partial charge in [-0.2, -0.15) is 0 Å². The number of amides is 1. The smallest absolute Gasteiger partial charge is 0.261 e. The number of rotatable bonds is 5. The second-order valence-corrected chi connectivity index (χ2v) is 8.05. The number of anilines is 1. The summed E-state index contributed by atoms with van der Waals surface area (Å²) in [5.74, 6) is 0.448. The quantitative estimate of drug-likeness (QED) is 0.527. The summed E-state index contributed by atoms with van der Waals surface area (Å²) < 4.78 is 6.49. The SMILES string of the molecule is CC(C)COc1ccc(Br)cc1C(=O)NC(=S)Nc1ccc(Cl)cc1Cl. The van der Waals surface area contributed by atoms with E-state index in [0.29, 0.717) is 39.6 Å². The average molecular weight is 476 g/mol. The number of hydrogen-bond donors (Lipinski definition) is 2. The van der Waals surface area contributed by atoms with Crippen molar-refractivity contribution in [1.29, 1.82) is 0 Å². The molecule has 0 aromatic heterocycles. The van der Waals surface area contributed by atoms with Crippen molar-refractivity contribution in [2.24, 2.45) is 5.92 Å². The zero-order valence-corrected chi connectivity index (χ0v) is 18.0. The molecule has 0 fully saturated rings. The molecule has 0 atom stereocenters. The number of benzene rings is 2. The molecule has 2 N–H and O–H groups in total. The number of halogens is 3. The molecule has 0 spiro atoms. The first-order valence-electron chi connectivity index (χ1n) is 7.76. The summed E-state index contributed by atoms with van der Waals surface area (Å²) in [4.78, 5) is 12.6.